The fraction of sp³-hybridized carbons (Fsp3) is 0.600. The molecule has 118 valence electrons. The van der Waals surface area contributed by atoms with E-state index in [-0.39, 0.29) is 5.41 Å². The van der Waals surface area contributed by atoms with Crippen molar-refractivity contribution < 1.29 is 9.47 Å². The van der Waals surface area contributed by atoms with Crippen LogP contribution in [0.4, 0.5) is 0 Å². The Morgan fingerprint density at radius 3 is 2.77 bits per heavy atom. The summed E-state index contributed by atoms with van der Waals surface area (Å²) >= 11 is 0. The van der Waals surface area contributed by atoms with Crippen LogP contribution in [0.2, 0.25) is 0 Å². The first-order valence-corrected chi connectivity index (χ1v) is 8.59. The molecule has 2 heteroatoms. The van der Waals surface area contributed by atoms with Crippen LogP contribution in [0, 0.1) is 17.3 Å². The summed E-state index contributed by atoms with van der Waals surface area (Å²) in [6, 6.07) is 6.72. The molecule has 0 radical (unpaired) electrons. The molecule has 3 aliphatic carbocycles. The normalized spacial score (nSPS) is 36.0. The molecule has 0 bridgehead atoms. The number of rotatable bonds is 2. The number of aryl methyl sites for hydroxylation is 1. The number of hydrogen-bond donors (Lipinski definition) is 0. The number of hydrogen-bond acceptors (Lipinski definition) is 2. The highest BCUT2D eigenvalue weighted by molar-refractivity contribution is 5.41. The standard InChI is InChI=1S/C20H26O2/c1-20-11-10-16-15-7-5-14(21-2)12-13(15)4-6-17(16)18(20)8-9-19(20)22-3/h5,7,9,12,16-18H,4,6,8,10-11H2,1-3H3/t16-,17-,18+,20+/m1/s1. The largest absolute Gasteiger partial charge is 0.501 e. The molecule has 1 fully saturated rings. The molecular formula is C20H26O2. The zero-order valence-electron chi connectivity index (χ0n) is 13.9. The first-order valence-electron chi connectivity index (χ1n) is 8.59. The Bertz CT molecular complexity index is 618. The van der Waals surface area contributed by atoms with Crippen molar-refractivity contribution in [2.75, 3.05) is 14.2 Å². The fourth-order valence-electron chi connectivity index (χ4n) is 5.53. The van der Waals surface area contributed by atoms with Crippen molar-refractivity contribution in [3.05, 3.63) is 41.2 Å². The highest BCUT2D eigenvalue weighted by atomic mass is 16.5. The second-order valence-electron chi connectivity index (χ2n) is 7.44. The zero-order chi connectivity index (χ0) is 15.3. The first kappa shape index (κ1) is 14.2. The first-order chi connectivity index (χ1) is 10.7. The molecule has 4 rings (SSSR count). The van der Waals surface area contributed by atoms with Crippen LogP contribution in [0.1, 0.15) is 49.7 Å². The number of fused-ring (bicyclic) bond motifs is 5. The minimum atomic E-state index is 0.278. The van der Waals surface area contributed by atoms with Crippen LogP contribution >= 0.6 is 0 Å². The lowest BCUT2D eigenvalue weighted by Gasteiger charge is -2.49. The van der Waals surface area contributed by atoms with Crippen molar-refractivity contribution in [2.45, 2.75) is 44.9 Å². The maximum atomic E-state index is 5.71. The summed E-state index contributed by atoms with van der Waals surface area (Å²) in [7, 11) is 3.60. The third-order valence-electron chi connectivity index (χ3n) is 6.66. The molecule has 0 heterocycles. The molecule has 2 nitrogen and oxygen atoms in total. The van der Waals surface area contributed by atoms with E-state index in [0.717, 1.165) is 23.5 Å². The van der Waals surface area contributed by atoms with Gasteiger partial charge in [-0.25, -0.2) is 0 Å². The van der Waals surface area contributed by atoms with Gasteiger partial charge in [-0.2, -0.15) is 0 Å². The molecule has 0 N–H and O–H groups in total. The zero-order valence-corrected chi connectivity index (χ0v) is 13.9. The van der Waals surface area contributed by atoms with Gasteiger partial charge in [0.05, 0.1) is 20.0 Å². The van der Waals surface area contributed by atoms with Crippen LogP contribution in [0.3, 0.4) is 0 Å². The minimum absolute atomic E-state index is 0.278. The summed E-state index contributed by atoms with van der Waals surface area (Å²) in [5.41, 5.74) is 3.38. The van der Waals surface area contributed by atoms with E-state index < -0.39 is 0 Å². The fourth-order valence-corrected chi connectivity index (χ4v) is 5.53. The highest BCUT2D eigenvalue weighted by Crippen LogP contribution is 2.61. The van der Waals surface area contributed by atoms with Crippen LogP contribution < -0.4 is 4.74 Å². The van der Waals surface area contributed by atoms with Gasteiger partial charge >= 0.3 is 0 Å². The number of allylic oxidation sites excluding steroid dienone is 2. The molecule has 1 saturated carbocycles. The summed E-state index contributed by atoms with van der Waals surface area (Å²) in [4.78, 5) is 0. The second kappa shape index (κ2) is 5.04. The van der Waals surface area contributed by atoms with E-state index in [1.54, 1.807) is 12.7 Å². The Morgan fingerprint density at radius 2 is 2.00 bits per heavy atom. The smallest absolute Gasteiger partial charge is 0.119 e. The van der Waals surface area contributed by atoms with Crippen molar-refractivity contribution in [3.8, 4) is 5.75 Å². The van der Waals surface area contributed by atoms with E-state index in [9.17, 15) is 0 Å². The van der Waals surface area contributed by atoms with E-state index in [2.05, 4.69) is 31.2 Å². The quantitative estimate of drug-likeness (QED) is 0.788. The van der Waals surface area contributed by atoms with Crippen molar-refractivity contribution in [1.29, 1.82) is 0 Å². The summed E-state index contributed by atoms with van der Waals surface area (Å²) in [5.74, 6) is 4.55. The van der Waals surface area contributed by atoms with Crippen molar-refractivity contribution in [3.63, 3.8) is 0 Å². The number of ether oxygens (including phenoxy) is 2. The number of methoxy groups -OCH3 is 2. The predicted octanol–water partition coefficient (Wildman–Crippen LogP) is 4.69. The van der Waals surface area contributed by atoms with Gasteiger partial charge in [0, 0.05) is 5.41 Å². The lowest BCUT2D eigenvalue weighted by molar-refractivity contribution is 0.0379. The molecule has 3 aliphatic rings. The van der Waals surface area contributed by atoms with E-state index in [0.29, 0.717) is 0 Å². The van der Waals surface area contributed by atoms with Crippen molar-refractivity contribution in [1.82, 2.24) is 0 Å². The maximum absolute atomic E-state index is 5.71. The molecule has 4 atom stereocenters. The van der Waals surface area contributed by atoms with Crippen LogP contribution in [-0.4, -0.2) is 14.2 Å². The number of benzene rings is 1. The maximum Gasteiger partial charge on any atom is 0.119 e. The van der Waals surface area contributed by atoms with Gasteiger partial charge < -0.3 is 9.47 Å². The van der Waals surface area contributed by atoms with Gasteiger partial charge in [-0.05, 0) is 79.2 Å². The summed E-state index contributed by atoms with van der Waals surface area (Å²) in [6.45, 7) is 2.43. The molecule has 22 heavy (non-hydrogen) atoms. The SMILES string of the molecule is COC1=CC[C@H]2[C@@H]3CCc4cc(OC)ccc4[C@H]3CC[C@]12C. The molecule has 1 aromatic carbocycles. The van der Waals surface area contributed by atoms with Gasteiger partial charge in [-0.15, -0.1) is 0 Å². The molecule has 0 aliphatic heterocycles. The Kier molecular flexibility index (Phi) is 3.25. The Balaban J connectivity index is 1.67. The van der Waals surface area contributed by atoms with Crippen LogP contribution in [0.15, 0.2) is 30.0 Å². The summed E-state index contributed by atoms with van der Waals surface area (Å²) in [5, 5.41) is 0. The Labute approximate surface area is 133 Å². The summed E-state index contributed by atoms with van der Waals surface area (Å²) in [6.07, 6.45) is 8.61. The van der Waals surface area contributed by atoms with Crippen molar-refractivity contribution in [2.24, 2.45) is 17.3 Å². The van der Waals surface area contributed by atoms with E-state index in [4.69, 9.17) is 9.47 Å². The molecule has 1 aromatic rings. The van der Waals surface area contributed by atoms with Gasteiger partial charge in [0.25, 0.3) is 0 Å². The van der Waals surface area contributed by atoms with Gasteiger partial charge in [-0.3, -0.25) is 0 Å². The summed E-state index contributed by atoms with van der Waals surface area (Å²) < 4.78 is 11.1. The molecule has 0 spiro atoms. The third kappa shape index (κ3) is 1.85. The minimum Gasteiger partial charge on any atom is -0.501 e. The average molecular weight is 298 g/mol. The van der Waals surface area contributed by atoms with Gasteiger partial charge in [0.2, 0.25) is 0 Å². The lowest BCUT2D eigenvalue weighted by Crippen LogP contribution is -2.41. The topological polar surface area (TPSA) is 18.5 Å². The molecule has 0 unspecified atom stereocenters. The molecule has 0 aromatic heterocycles. The van der Waals surface area contributed by atoms with Crippen molar-refractivity contribution >= 4 is 0 Å². The van der Waals surface area contributed by atoms with E-state index in [1.807, 2.05) is 7.11 Å². The predicted molar refractivity (Wildman–Crippen MR) is 88.1 cm³/mol. The van der Waals surface area contributed by atoms with E-state index >= 15 is 0 Å². The molecule has 0 saturated heterocycles. The van der Waals surface area contributed by atoms with Crippen LogP contribution in [0.25, 0.3) is 0 Å². The second-order valence-corrected chi connectivity index (χ2v) is 7.44. The Morgan fingerprint density at radius 1 is 1.14 bits per heavy atom. The third-order valence-corrected chi connectivity index (χ3v) is 6.66. The average Bonchev–Trinajstić information content (AvgIpc) is 2.90. The lowest BCUT2D eigenvalue weighted by atomic mass is 9.55. The molecule has 0 amide bonds. The monoisotopic (exact) mass is 298 g/mol. The van der Waals surface area contributed by atoms with Gasteiger partial charge in [0.15, 0.2) is 0 Å². The van der Waals surface area contributed by atoms with Crippen LogP contribution in [-0.2, 0) is 11.2 Å². The molecular weight excluding hydrogens is 272 g/mol. The van der Waals surface area contributed by atoms with Gasteiger partial charge in [0.1, 0.15) is 5.75 Å². The van der Waals surface area contributed by atoms with Gasteiger partial charge in [-0.1, -0.05) is 13.0 Å². The van der Waals surface area contributed by atoms with Crippen LogP contribution in [0.5, 0.6) is 5.75 Å². The van der Waals surface area contributed by atoms with E-state index in [1.165, 1.54) is 43.4 Å². The Hall–Kier alpha value is -1.44. The highest BCUT2D eigenvalue weighted by Gasteiger charge is 2.52.